The summed E-state index contributed by atoms with van der Waals surface area (Å²) < 4.78 is 7.55. The van der Waals surface area contributed by atoms with E-state index in [1.165, 1.54) is 5.56 Å². The van der Waals surface area contributed by atoms with Crippen LogP contribution in [0.15, 0.2) is 48.5 Å². The zero-order chi connectivity index (χ0) is 17.8. The third-order valence-corrected chi connectivity index (χ3v) is 4.68. The highest BCUT2D eigenvalue weighted by Gasteiger charge is 2.17. The van der Waals surface area contributed by atoms with Crippen LogP contribution in [0.2, 0.25) is 0 Å². The second kappa shape index (κ2) is 7.43. The van der Waals surface area contributed by atoms with Crippen LogP contribution in [0.5, 0.6) is 5.75 Å². The molecule has 0 unspecified atom stereocenters. The van der Waals surface area contributed by atoms with Crippen molar-refractivity contribution in [1.82, 2.24) is 4.57 Å². The number of carboxylic acids is 1. The van der Waals surface area contributed by atoms with Gasteiger partial charge in [0.15, 0.2) is 0 Å². The van der Waals surface area contributed by atoms with Crippen molar-refractivity contribution in [3.63, 3.8) is 0 Å². The maximum Gasteiger partial charge on any atom is 0.307 e. The van der Waals surface area contributed by atoms with Crippen molar-refractivity contribution in [3.05, 3.63) is 65.4 Å². The van der Waals surface area contributed by atoms with Crippen LogP contribution in [-0.4, -0.2) is 22.8 Å². The quantitative estimate of drug-likeness (QED) is 0.702. The number of fused-ring (bicyclic) bond motifs is 1. The Balaban J connectivity index is 1.91. The molecule has 3 aromatic rings. The predicted molar refractivity (Wildman–Crippen MR) is 99.3 cm³/mol. The van der Waals surface area contributed by atoms with Crippen LogP contribution < -0.4 is 4.74 Å². The maximum absolute atomic E-state index is 11.3. The molecule has 1 N–H and O–H groups in total. The lowest BCUT2D eigenvalue weighted by atomic mass is 10.1. The number of aromatic nitrogens is 1. The first-order valence-corrected chi connectivity index (χ1v) is 8.51. The SMILES string of the molecule is COc1ccc2c(c1)c(CC(=O)O)c(C)n2CCCc1ccccc1. The summed E-state index contributed by atoms with van der Waals surface area (Å²) in [7, 11) is 1.63. The molecule has 0 saturated carbocycles. The van der Waals surface area contributed by atoms with Crippen molar-refractivity contribution in [1.29, 1.82) is 0 Å². The van der Waals surface area contributed by atoms with E-state index < -0.39 is 5.97 Å². The Labute approximate surface area is 147 Å². The molecule has 3 rings (SSSR count). The number of carbonyl (C=O) groups is 1. The second-order valence-electron chi connectivity index (χ2n) is 6.26. The van der Waals surface area contributed by atoms with Gasteiger partial charge in [-0.25, -0.2) is 0 Å². The normalized spacial score (nSPS) is 11.0. The minimum atomic E-state index is -0.811. The minimum Gasteiger partial charge on any atom is -0.497 e. The number of hydrogen-bond donors (Lipinski definition) is 1. The van der Waals surface area contributed by atoms with Crippen LogP contribution >= 0.6 is 0 Å². The summed E-state index contributed by atoms with van der Waals surface area (Å²) in [5.74, 6) is -0.0603. The average molecular weight is 337 g/mol. The van der Waals surface area contributed by atoms with Crippen LogP contribution in [0, 0.1) is 6.92 Å². The van der Waals surface area contributed by atoms with Gasteiger partial charge in [-0.1, -0.05) is 30.3 Å². The zero-order valence-electron chi connectivity index (χ0n) is 14.7. The van der Waals surface area contributed by atoms with Crippen LogP contribution in [0.4, 0.5) is 0 Å². The van der Waals surface area contributed by atoms with Crippen molar-refractivity contribution in [3.8, 4) is 5.75 Å². The lowest BCUT2D eigenvalue weighted by Crippen LogP contribution is -2.05. The molecule has 25 heavy (non-hydrogen) atoms. The predicted octanol–water partition coefficient (Wildman–Crippen LogP) is 4.22. The fourth-order valence-corrected chi connectivity index (χ4v) is 3.41. The van der Waals surface area contributed by atoms with Gasteiger partial charge < -0.3 is 14.4 Å². The first kappa shape index (κ1) is 17.1. The lowest BCUT2D eigenvalue weighted by Gasteiger charge is -2.09. The largest absolute Gasteiger partial charge is 0.497 e. The highest BCUT2D eigenvalue weighted by atomic mass is 16.5. The third-order valence-electron chi connectivity index (χ3n) is 4.68. The molecular weight excluding hydrogens is 314 g/mol. The molecule has 4 nitrogen and oxygen atoms in total. The van der Waals surface area contributed by atoms with Crippen LogP contribution in [0.1, 0.15) is 23.2 Å². The van der Waals surface area contributed by atoms with Crippen LogP contribution in [0.25, 0.3) is 10.9 Å². The molecule has 0 aliphatic rings. The molecular formula is C21H23NO3. The molecule has 0 amide bonds. The van der Waals surface area contributed by atoms with Gasteiger partial charge in [0.1, 0.15) is 5.75 Å². The number of ether oxygens (including phenoxy) is 1. The van der Waals surface area contributed by atoms with Crippen molar-refractivity contribution in [2.45, 2.75) is 32.7 Å². The molecule has 1 aromatic heterocycles. The molecule has 0 aliphatic carbocycles. The smallest absolute Gasteiger partial charge is 0.307 e. The highest BCUT2D eigenvalue weighted by molar-refractivity contribution is 5.90. The van der Waals surface area contributed by atoms with Crippen molar-refractivity contribution >= 4 is 16.9 Å². The molecule has 130 valence electrons. The third kappa shape index (κ3) is 3.68. The highest BCUT2D eigenvalue weighted by Crippen LogP contribution is 2.30. The van der Waals surface area contributed by atoms with Gasteiger partial charge in [0.25, 0.3) is 0 Å². The van der Waals surface area contributed by atoms with Gasteiger partial charge in [-0.05, 0) is 49.1 Å². The number of aryl methyl sites for hydroxylation is 2. The zero-order valence-corrected chi connectivity index (χ0v) is 14.7. The summed E-state index contributed by atoms with van der Waals surface area (Å²) in [5, 5.41) is 10.2. The summed E-state index contributed by atoms with van der Waals surface area (Å²) in [6, 6.07) is 16.3. The minimum absolute atomic E-state index is 0.0290. The summed E-state index contributed by atoms with van der Waals surface area (Å²) in [6.07, 6.45) is 2.04. The second-order valence-corrected chi connectivity index (χ2v) is 6.26. The molecule has 2 aromatic carbocycles. The standard InChI is InChI=1S/C21H23NO3/c1-15-18(14-21(23)24)19-13-17(25-2)10-11-20(19)22(15)12-6-9-16-7-4-3-5-8-16/h3-5,7-8,10-11,13H,6,9,12,14H2,1-2H3,(H,23,24). The molecule has 0 atom stereocenters. The molecule has 0 aliphatic heterocycles. The Kier molecular flexibility index (Phi) is 5.08. The van der Waals surface area contributed by atoms with Gasteiger partial charge in [0.05, 0.1) is 13.5 Å². The van der Waals surface area contributed by atoms with Gasteiger partial charge in [0.2, 0.25) is 0 Å². The summed E-state index contributed by atoms with van der Waals surface area (Å²) in [6.45, 7) is 2.87. The topological polar surface area (TPSA) is 51.5 Å². The number of hydrogen-bond acceptors (Lipinski definition) is 2. The van der Waals surface area contributed by atoms with Gasteiger partial charge in [-0.3, -0.25) is 4.79 Å². The van der Waals surface area contributed by atoms with E-state index in [1.807, 2.05) is 31.2 Å². The number of rotatable bonds is 7. The van der Waals surface area contributed by atoms with Crippen molar-refractivity contribution in [2.24, 2.45) is 0 Å². The molecule has 0 spiro atoms. The number of nitrogens with zero attached hydrogens (tertiary/aromatic N) is 1. The number of aliphatic carboxylic acids is 1. The Morgan fingerprint density at radius 3 is 2.60 bits per heavy atom. The lowest BCUT2D eigenvalue weighted by molar-refractivity contribution is -0.136. The van der Waals surface area contributed by atoms with E-state index in [0.717, 1.165) is 47.3 Å². The van der Waals surface area contributed by atoms with E-state index in [4.69, 9.17) is 4.74 Å². The van der Waals surface area contributed by atoms with E-state index in [1.54, 1.807) is 7.11 Å². The first-order chi connectivity index (χ1) is 12.1. The van der Waals surface area contributed by atoms with Crippen LogP contribution in [0.3, 0.4) is 0 Å². The van der Waals surface area contributed by atoms with E-state index in [9.17, 15) is 9.90 Å². The molecule has 0 saturated heterocycles. The van der Waals surface area contributed by atoms with Gasteiger partial charge >= 0.3 is 5.97 Å². The molecule has 0 radical (unpaired) electrons. The van der Waals surface area contributed by atoms with Gasteiger partial charge in [0, 0.05) is 23.1 Å². The number of methoxy groups -OCH3 is 1. The van der Waals surface area contributed by atoms with E-state index in [0.29, 0.717) is 0 Å². The fraction of sp³-hybridized carbons (Fsp3) is 0.286. The van der Waals surface area contributed by atoms with Crippen molar-refractivity contribution < 1.29 is 14.6 Å². The number of benzene rings is 2. The van der Waals surface area contributed by atoms with Gasteiger partial charge in [-0.15, -0.1) is 0 Å². The molecule has 0 bridgehead atoms. The average Bonchev–Trinajstić information content (AvgIpc) is 2.87. The Hall–Kier alpha value is -2.75. The maximum atomic E-state index is 11.3. The monoisotopic (exact) mass is 337 g/mol. The summed E-state index contributed by atoms with van der Waals surface area (Å²) in [4.78, 5) is 11.3. The summed E-state index contributed by atoms with van der Waals surface area (Å²) >= 11 is 0. The van der Waals surface area contributed by atoms with Gasteiger partial charge in [-0.2, -0.15) is 0 Å². The molecule has 1 heterocycles. The van der Waals surface area contributed by atoms with Crippen LogP contribution in [-0.2, 0) is 24.2 Å². The fourth-order valence-electron chi connectivity index (χ4n) is 3.41. The van der Waals surface area contributed by atoms with Crippen molar-refractivity contribution in [2.75, 3.05) is 7.11 Å². The number of carboxylic acid groups (broad SMARTS) is 1. The van der Waals surface area contributed by atoms with E-state index in [2.05, 4.69) is 28.8 Å². The van der Waals surface area contributed by atoms with E-state index in [-0.39, 0.29) is 6.42 Å². The summed E-state index contributed by atoms with van der Waals surface area (Å²) in [5.41, 5.74) is 4.30. The first-order valence-electron chi connectivity index (χ1n) is 8.51. The Bertz CT molecular complexity index is 881. The Morgan fingerprint density at radius 1 is 1.16 bits per heavy atom. The molecule has 4 heteroatoms. The Morgan fingerprint density at radius 2 is 1.92 bits per heavy atom. The molecule has 0 fully saturated rings. The van der Waals surface area contributed by atoms with E-state index >= 15 is 0 Å².